The zero-order chi connectivity index (χ0) is 7.56. The van der Waals surface area contributed by atoms with Crippen LogP contribution in [0.4, 0.5) is 4.79 Å². The predicted molar refractivity (Wildman–Crippen MR) is 34.5 cm³/mol. The molecule has 1 heterocycles. The molecule has 2 atom stereocenters. The van der Waals surface area contributed by atoms with Gasteiger partial charge in [-0.1, -0.05) is 6.58 Å². The SMILES string of the molecule is C=CC1OC(=O)NC1CO. The lowest BCUT2D eigenvalue weighted by Crippen LogP contribution is -2.33. The zero-order valence-electron chi connectivity index (χ0n) is 5.41. The topological polar surface area (TPSA) is 58.6 Å². The summed E-state index contributed by atoms with van der Waals surface area (Å²) in [6.07, 6.45) is 0.597. The standard InChI is InChI=1S/C6H9NO3/c1-2-5-4(3-8)7-6(9)10-5/h2,4-5,8H,1,3H2,(H,7,9). The Labute approximate surface area is 58.5 Å². The minimum Gasteiger partial charge on any atom is -0.440 e. The lowest BCUT2D eigenvalue weighted by atomic mass is 10.2. The normalized spacial score (nSPS) is 31.1. The monoisotopic (exact) mass is 143 g/mol. The molecule has 2 N–H and O–H groups in total. The van der Waals surface area contributed by atoms with Gasteiger partial charge in [0, 0.05) is 0 Å². The maximum Gasteiger partial charge on any atom is 0.408 e. The van der Waals surface area contributed by atoms with Crippen LogP contribution in [0.5, 0.6) is 0 Å². The Hall–Kier alpha value is -1.03. The van der Waals surface area contributed by atoms with E-state index in [-0.39, 0.29) is 12.6 Å². The highest BCUT2D eigenvalue weighted by atomic mass is 16.6. The molecule has 0 aromatic heterocycles. The quantitative estimate of drug-likeness (QED) is 0.519. The van der Waals surface area contributed by atoms with Gasteiger partial charge in [0.25, 0.3) is 0 Å². The number of aliphatic hydroxyl groups excluding tert-OH is 1. The molecule has 0 spiro atoms. The molecule has 0 aromatic carbocycles. The predicted octanol–water partition coefficient (Wildman–Crippen LogP) is -0.358. The Kier molecular flexibility index (Phi) is 1.91. The van der Waals surface area contributed by atoms with Crippen molar-refractivity contribution in [3.05, 3.63) is 12.7 Å². The fraction of sp³-hybridized carbons (Fsp3) is 0.500. The van der Waals surface area contributed by atoms with Crippen molar-refractivity contribution in [2.75, 3.05) is 6.61 Å². The number of carbonyl (C=O) groups is 1. The molecule has 0 aliphatic carbocycles. The molecule has 4 heteroatoms. The Balaban J connectivity index is 2.56. The number of ether oxygens (including phenoxy) is 1. The summed E-state index contributed by atoms with van der Waals surface area (Å²) >= 11 is 0. The molecule has 1 saturated heterocycles. The average Bonchev–Trinajstić information content (AvgIpc) is 2.30. The fourth-order valence-electron chi connectivity index (χ4n) is 0.835. The summed E-state index contributed by atoms with van der Waals surface area (Å²) < 4.78 is 4.69. The second-order valence-corrected chi connectivity index (χ2v) is 2.04. The summed E-state index contributed by atoms with van der Waals surface area (Å²) in [5.41, 5.74) is 0. The lowest BCUT2D eigenvalue weighted by Gasteiger charge is -2.07. The van der Waals surface area contributed by atoms with Crippen LogP contribution >= 0.6 is 0 Å². The summed E-state index contributed by atoms with van der Waals surface area (Å²) in [7, 11) is 0. The van der Waals surface area contributed by atoms with Crippen molar-refractivity contribution in [2.45, 2.75) is 12.1 Å². The van der Waals surface area contributed by atoms with Gasteiger partial charge in [-0.25, -0.2) is 4.79 Å². The Morgan fingerprint density at radius 2 is 2.60 bits per heavy atom. The van der Waals surface area contributed by atoms with E-state index in [1.165, 1.54) is 6.08 Å². The minimum atomic E-state index is -0.496. The van der Waals surface area contributed by atoms with Crippen molar-refractivity contribution in [1.82, 2.24) is 5.32 Å². The van der Waals surface area contributed by atoms with Crippen LogP contribution in [0, 0.1) is 0 Å². The van der Waals surface area contributed by atoms with Gasteiger partial charge in [0.1, 0.15) is 6.10 Å². The molecule has 0 bridgehead atoms. The van der Waals surface area contributed by atoms with Gasteiger partial charge in [-0.15, -0.1) is 0 Å². The molecule has 1 amide bonds. The highest BCUT2D eigenvalue weighted by molar-refractivity contribution is 5.70. The zero-order valence-corrected chi connectivity index (χ0v) is 5.41. The van der Waals surface area contributed by atoms with E-state index in [2.05, 4.69) is 16.6 Å². The van der Waals surface area contributed by atoms with Crippen LogP contribution in [0.15, 0.2) is 12.7 Å². The van der Waals surface area contributed by atoms with E-state index in [4.69, 9.17) is 5.11 Å². The van der Waals surface area contributed by atoms with Crippen molar-refractivity contribution in [3.63, 3.8) is 0 Å². The summed E-state index contributed by atoms with van der Waals surface area (Å²) in [4.78, 5) is 10.5. The largest absolute Gasteiger partial charge is 0.440 e. The van der Waals surface area contributed by atoms with E-state index in [1.807, 2.05) is 0 Å². The maximum atomic E-state index is 10.5. The summed E-state index contributed by atoms with van der Waals surface area (Å²) in [6, 6.07) is -0.329. The number of hydrogen-bond acceptors (Lipinski definition) is 3. The van der Waals surface area contributed by atoms with Gasteiger partial charge >= 0.3 is 6.09 Å². The molecule has 1 rings (SSSR count). The molecule has 2 unspecified atom stereocenters. The van der Waals surface area contributed by atoms with Gasteiger partial charge in [-0.3, -0.25) is 0 Å². The summed E-state index contributed by atoms with van der Waals surface area (Å²) in [6.45, 7) is 3.32. The first kappa shape index (κ1) is 7.08. The van der Waals surface area contributed by atoms with E-state index in [9.17, 15) is 4.79 Å². The van der Waals surface area contributed by atoms with E-state index < -0.39 is 12.2 Å². The smallest absolute Gasteiger partial charge is 0.408 e. The van der Waals surface area contributed by atoms with Gasteiger partial charge < -0.3 is 15.2 Å². The van der Waals surface area contributed by atoms with Crippen LogP contribution in [-0.2, 0) is 4.74 Å². The van der Waals surface area contributed by atoms with Gasteiger partial charge in [0.05, 0.1) is 12.6 Å². The number of amides is 1. The van der Waals surface area contributed by atoms with E-state index >= 15 is 0 Å². The molecule has 1 aliphatic heterocycles. The lowest BCUT2D eigenvalue weighted by molar-refractivity contribution is 0.144. The van der Waals surface area contributed by atoms with Crippen molar-refractivity contribution in [1.29, 1.82) is 0 Å². The number of nitrogens with one attached hydrogen (secondary N) is 1. The van der Waals surface area contributed by atoms with E-state index in [0.29, 0.717) is 0 Å². The average molecular weight is 143 g/mol. The number of carbonyl (C=O) groups excluding carboxylic acids is 1. The number of aliphatic hydroxyl groups is 1. The summed E-state index contributed by atoms with van der Waals surface area (Å²) in [5.74, 6) is 0. The molecular formula is C6H9NO3. The second kappa shape index (κ2) is 2.70. The molecule has 4 nitrogen and oxygen atoms in total. The van der Waals surface area contributed by atoms with Crippen LogP contribution in [-0.4, -0.2) is 30.0 Å². The van der Waals surface area contributed by atoms with Gasteiger partial charge in [0.2, 0.25) is 0 Å². The van der Waals surface area contributed by atoms with Gasteiger partial charge in [-0.05, 0) is 6.08 Å². The summed E-state index contributed by atoms with van der Waals surface area (Å²) in [5, 5.41) is 11.1. The molecule has 56 valence electrons. The molecule has 1 fully saturated rings. The van der Waals surface area contributed by atoms with Crippen LogP contribution in [0.3, 0.4) is 0 Å². The Morgan fingerprint density at radius 3 is 3.00 bits per heavy atom. The Morgan fingerprint density at radius 1 is 1.90 bits per heavy atom. The highest BCUT2D eigenvalue weighted by Gasteiger charge is 2.30. The maximum absolute atomic E-state index is 10.5. The van der Waals surface area contributed by atoms with Crippen LogP contribution in [0.1, 0.15) is 0 Å². The van der Waals surface area contributed by atoms with Crippen LogP contribution in [0.2, 0.25) is 0 Å². The van der Waals surface area contributed by atoms with E-state index in [0.717, 1.165) is 0 Å². The highest BCUT2D eigenvalue weighted by Crippen LogP contribution is 2.08. The number of rotatable bonds is 2. The third kappa shape index (κ3) is 1.11. The van der Waals surface area contributed by atoms with Crippen molar-refractivity contribution < 1.29 is 14.6 Å². The molecule has 0 radical (unpaired) electrons. The first-order chi connectivity index (χ1) is 4.77. The second-order valence-electron chi connectivity index (χ2n) is 2.04. The molecular weight excluding hydrogens is 134 g/mol. The molecule has 10 heavy (non-hydrogen) atoms. The first-order valence-corrected chi connectivity index (χ1v) is 2.98. The molecule has 1 aliphatic rings. The van der Waals surface area contributed by atoms with Crippen molar-refractivity contribution in [2.24, 2.45) is 0 Å². The van der Waals surface area contributed by atoms with Crippen LogP contribution < -0.4 is 5.32 Å². The third-order valence-corrected chi connectivity index (χ3v) is 1.37. The number of cyclic esters (lactones) is 1. The number of hydrogen-bond donors (Lipinski definition) is 2. The van der Waals surface area contributed by atoms with Crippen LogP contribution in [0.25, 0.3) is 0 Å². The number of alkyl carbamates (subject to hydrolysis) is 1. The minimum absolute atomic E-state index is 0.123. The van der Waals surface area contributed by atoms with Crippen molar-refractivity contribution >= 4 is 6.09 Å². The fourth-order valence-corrected chi connectivity index (χ4v) is 0.835. The van der Waals surface area contributed by atoms with Gasteiger partial charge in [0.15, 0.2) is 0 Å². The third-order valence-electron chi connectivity index (χ3n) is 1.37. The Bertz CT molecular complexity index is 157. The van der Waals surface area contributed by atoms with Crippen molar-refractivity contribution in [3.8, 4) is 0 Å². The first-order valence-electron chi connectivity index (χ1n) is 2.98. The van der Waals surface area contributed by atoms with E-state index in [1.54, 1.807) is 0 Å². The molecule has 0 saturated carbocycles. The van der Waals surface area contributed by atoms with Gasteiger partial charge in [-0.2, -0.15) is 0 Å². The molecule has 0 aromatic rings.